The fourth-order valence-electron chi connectivity index (χ4n) is 2.27. The second-order valence-electron chi connectivity index (χ2n) is 4.70. The summed E-state index contributed by atoms with van der Waals surface area (Å²) in [5, 5.41) is 3.33. The van der Waals surface area contributed by atoms with Gasteiger partial charge in [0.2, 0.25) is 0 Å². The second-order valence-corrected chi connectivity index (χ2v) is 7.25. The van der Waals surface area contributed by atoms with Crippen LogP contribution < -0.4 is 11.1 Å². The zero-order valence-electron chi connectivity index (χ0n) is 10.5. The maximum absolute atomic E-state index is 5.91. The van der Waals surface area contributed by atoms with Crippen LogP contribution in [0.4, 0.5) is 0 Å². The number of nitrogens with two attached hydrogens (primary N) is 1. The molecule has 0 aromatic carbocycles. The normalized spacial score (nSPS) is 17.9. The van der Waals surface area contributed by atoms with Crippen LogP contribution in [0.1, 0.15) is 37.0 Å². The van der Waals surface area contributed by atoms with Crippen molar-refractivity contribution in [2.24, 2.45) is 10.7 Å². The smallest absolute Gasteiger partial charge is 0.188 e. The zero-order valence-corrected chi connectivity index (χ0v) is 12.9. The van der Waals surface area contributed by atoms with Gasteiger partial charge in [0.25, 0.3) is 0 Å². The molecule has 100 valence electrons. The SMILES string of the molecule is NC(=NCCc1ccc(Br)s1)NC1CCCCC1. The van der Waals surface area contributed by atoms with Gasteiger partial charge in [-0.2, -0.15) is 0 Å². The van der Waals surface area contributed by atoms with Crippen molar-refractivity contribution in [2.45, 2.75) is 44.6 Å². The van der Waals surface area contributed by atoms with Crippen LogP contribution in [-0.4, -0.2) is 18.5 Å². The van der Waals surface area contributed by atoms with Crippen molar-refractivity contribution in [1.29, 1.82) is 0 Å². The van der Waals surface area contributed by atoms with E-state index in [2.05, 4.69) is 38.4 Å². The molecular formula is C13H20BrN3S. The minimum absolute atomic E-state index is 0.540. The molecule has 0 aliphatic heterocycles. The molecule has 1 aromatic rings. The first-order valence-corrected chi connectivity index (χ1v) is 8.15. The monoisotopic (exact) mass is 329 g/mol. The summed E-state index contributed by atoms with van der Waals surface area (Å²) in [6.45, 7) is 0.762. The Morgan fingerprint density at radius 2 is 2.17 bits per heavy atom. The molecule has 1 fully saturated rings. The Balaban J connectivity index is 1.71. The fraction of sp³-hybridized carbons (Fsp3) is 0.615. The van der Waals surface area contributed by atoms with Crippen molar-refractivity contribution < 1.29 is 0 Å². The van der Waals surface area contributed by atoms with Crippen LogP contribution in [0.25, 0.3) is 0 Å². The lowest BCUT2D eigenvalue weighted by molar-refractivity contribution is 0.412. The molecule has 5 heteroatoms. The summed E-state index contributed by atoms with van der Waals surface area (Å²) in [6.07, 6.45) is 7.41. The number of halogens is 1. The van der Waals surface area contributed by atoms with E-state index in [0.717, 1.165) is 13.0 Å². The van der Waals surface area contributed by atoms with E-state index < -0.39 is 0 Å². The molecule has 3 nitrogen and oxygen atoms in total. The van der Waals surface area contributed by atoms with Gasteiger partial charge in [0.1, 0.15) is 0 Å². The summed E-state index contributed by atoms with van der Waals surface area (Å²) in [5.74, 6) is 0.609. The van der Waals surface area contributed by atoms with Gasteiger partial charge >= 0.3 is 0 Å². The molecule has 2 rings (SSSR count). The molecule has 1 saturated carbocycles. The molecule has 0 spiro atoms. The van der Waals surface area contributed by atoms with Gasteiger partial charge in [0.05, 0.1) is 3.79 Å². The lowest BCUT2D eigenvalue weighted by atomic mass is 9.96. The first-order chi connectivity index (χ1) is 8.74. The summed E-state index contributed by atoms with van der Waals surface area (Å²) in [4.78, 5) is 5.74. The largest absolute Gasteiger partial charge is 0.370 e. The molecule has 0 atom stereocenters. The number of aliphatic imine (C=N–C) groups is 1. The lowest BCUT2D eigenvalue weighted by Gasteiger charge is -2.23. The molecule has 0 bridgehead atoms. The quantitative estimate of drug-likeness (QED) is 0.657. The highest BCUT2D eigenvalue weighted by atomic mass is 79.9. The topological polar surface area (TPSA) is 50.4 Å². The Morgan fingerprint density at radius 3 is 2.83 bits per heavy atom. The van der Waals surface area contributed by atoms with Crippen LogP contribution in [0.2, 0.25) is 0 Å². The maximum Gasteiger partial charge on any atom is 0.188 e. The van der Waals surface area contributed by atoms with Gasteiger partial charge in [-0.1, -0.05) is 19.3 Å². The van der Waals surface area contributed by atoms with Gasteiger partial charge in [-0.25, -0.2) is 0 Å². The standard InChI is InChI=1S/C13H20BrN3S/c14-12-7-6-11(18-12)8-9-16-13(15)17-10-4-2-1-3-5-10/h6-7,10H,1-5,8-9H2,(H3,15,16,17). The van der Waals surface area contributed by atoms with Crippen LogP contribution in [0.15, 0.2) is 20.9 Å². The average molecular weight is 330 g/mol. The lowest BCUT2D eigenvalue weighted by Crippen LogP contribution is -2.41. The van der Waals surface area contributed by atoms with Crippen LogP contribution >= 0.6 is 27.3 Å². The molecule has 1 aliphatic carbocycles. The Bertz CT molecular complexity index is 397. The zero-order chi connectivity index (χ0) is 12.8. The van der Waals surface area contributed by atoms with Crippen molar-refractivity contribution in [1.82, 2.24) is 5.32 Å². The minimum Gasteiger partial charge on any atom is -0.370 e. The molecule has 0 unspecified atom stereocenters. The predicted octanol–water partition coefficient (Wildman–Crippen LogP) is 3.29. The van der Waals surface area contributed by atoms with E-state index in [1.807, 2.05) is 0 Å². The van der Waals surface area contributed by atoms with Gasteiger partial charge in [-0.3, -0.25) is 4.99 Å². The van der Waals surface area contributed by atoms with Crippen molar-refractivity contribution >= 4 is 33.2 Å². The van der Waals surface area contributed by atoms with E-state index in [1.54, 1.807) is 11.3 Å². The summed E-state index contributed by atoms with van der Waals surface area (Å²) in [6, 6.07) is 4.75. The van der Waals surface area contributed by atoms with Crippen LogP contribution in [-0.2, 0) is 6.42 Å². The molecule has 18 heavy (non-hydrogen) atoms. The maximum atomic E-state index is 5.91. The first-order valence-electron chi connectivity index (χ1n) is 6.55. The molecule has 1 aromatic heterocycles. The van der Waals surface area contributed by atoms with Gasteiger partial charge < -0.3 is 11.1 Å². The number of hydrogen-bond donors (Lipinski definition) is 2. The molecule has 0 amide bonds. The number of rotatable bonds is 4. The highest BCUT2D eigenvalue weighted by Crippen LogP contribution is 2.22. The number of hydrogen-bond acceptors (Lipinski definition) is 2. The Morgan fingerprint density at radius 1 is 1.39 bits per heavy atom. The Labute approximate surface area is 121 Å². The fourth-order valence-corrected chi connectivity index (χ4v) is 3.75. The molecule has 0 radical (unpaired) electrons. The van der Waals surface area contributed by atoms with Crippen molar-refractivity contribution in [3.63, 3.8) is 0 Å². The van der Waals surface area contributed by atoms with Crippen LogP contribution in [0.3, 0.4) is 0 Å². The third kappa shape index (κ3) is 4.61. The average Bonchev–Trinajstić information content (AvgIpc) is 2.76. The van der Waals surface area contributed by atoms with E-state index in [1.165, 1.54) is 40.8 Å². The molecule has 0 saturated heterocycles. The molecule has 3 N–H and O–H groups in total. The minimum atomic E-state index is 0.540. The number of nitrogens with zero attached hydrogens (tertiary/aromatic N) is 1. The predicted molar refractivity (Wildman–Crippen MR) is 82.2 cm³/mol. The van der Waals surface area contributed by atoms with E-state index in [9.17, 15) is 0 Å². The van der Waals surface area contributed by atoms with E-state index in [0.29, 0.717) is 12.0 Å². The van der Waals surface area contributed by atoms with Crippen LogP contribution in [0, 0.1) is 0 Å². The molecule has 1 aliphatic rings. The van der Waals surface area contributed by atoms with Gasteiger partial charge in [-0.05, 0) is 40.9 Å². The highest BCUT2D eigenvalue weighted by molar-refractivity contribution is 9.11. The van der Waals surface area contributed by atoms with Crippen molar-refractivity contribution in [3.8, 4) is 0 Å². The molecule has 1 heterocycles. The number of guanidine groups is 1. The third-order valence-electron chi connectivity index (χ3n) is 3.23. The van der Waals surface area contributed by atoms with Crippen LogP contribution in [0.5, 0.6) is 0 Å². The summed E-state index contributed by atoms with van der Waals surface area (Å²) in [5.41, 5.74) is 5.91. The second kappa shape index (κ2) is 7.14. The first kappa shape index (κ1) is 13.9. The van der Waals surface area contributed by atoms with Gasteiger partial charge in [0.15, 0.2) is 5.96 Å². The Hall–Kier alpha value is -0.550. The Kier molecular flexibility index (Phi) is 5.50. The summed E-state index contributed by atoms with van der Waals surface area (Å²) in [7, 11) is 0. The third-order valence-corrected chi connectivity index (χ3v) is 4.91. The van der Waals surface area contributed by atoms with E-state index in [-0.39, 0.29) is 0 Å². The van der Waals surface area contributed by atoms with Gasteiger partial charge in [-0.15, -0.1) is 11.3 Å². The summed E-state index contributed by atoms with van der Waals surface area (Å²) >= 11 is 5.23. The van der Waals surface area contributed by atoms with E-state index >= 15 is 0 Å². The van der Waals surface area contributed by atoms with Gasteiger partial charge in [0, 0.05) is 23.9 Å². The molecular weight excluding hydrogens is 310 g/mol. The van der Waals surface area contributed by atoms with Crippen molar-refractivity contribution in [3.05, 3.63) is 20.8 Å². The number of thiophene rings is 1. The van der Waals surface area contributed by atoms with Crippen molar-refractivity contribution in [2.75, 3.05) is 6.54 Å². The van der Waals surface area contributed by atoms with E-state index in [4.69, 9.17) is 5.73 Å². The highest BCUT2D eigenvalue weighted by Gasteiger charge is 2.13. The summed E-state index contributed by atoms with van der Waals surface area (Å²) < 4.78 is 1.18. The number of nitrogens with one attached hydrogen (secondary N) is 1.